The van der Waals surface area contributed by atoms with Crippen molar-refractivity contribution in [3.05, 3.63) is 70.8 Å². The Hall–Kier alpha value is -3.59. The number of thiophene rings is 1. The topological polar surface area (TPSA) is 87.1 Å². The predicted molar refractivity (Wildman–Crippen MR) is 131 cm³/mol. The number of aromatic nitrogens is 4. The van der Waals surface area contributed by atoms with Gasteiger partial charge in [-0.1, -0.05) is 12.1 Å². The Kier molecular flexibility index (Phi) is 5.87. The minimum absolute atomic E-state index is 0.107. The van der Waals surface area contributed by atoms with E-state index in [9.17, 15) is 4.79 Å². The van der Waals surface area contributed by atoms with Crippen molar-refractivity contribution >= 4 is 39.1 Å². The van der Waals surface area contributed by atoms with Gasteiger partial charge in [-0.15, -0.1) is 11.3 Å². The van der Waals surface area contributed by atoms with Gasteiger partial charge in [0.25, 0.3) is 5.91 Å². The molecule has 0 atom stereocenters. The Morgan fingerprint density at radius 2 is 1.70 bits per heavy atom. The second-order valence-electron chi connectivity index (χ2n) is 8.00. The van der Waals surface area contributed by atoms with Crippen LogP contribution in [0.15, 0.2) is 48.8 Å². The molecule has 0 radical (unpaired) electrons. The summed E-state index contributed by atoms with van der Waals surface area (Å²) >= 11 is 1.43. The molecule has 168 valence electrons. The fraction of sp³-hybridized carbons (Fsp3) is 0.292. The summed E-state index contributed by atoms with van der Waals surface area (Å²) in [5.74, 6) is 2.52. The number of pyridine rings is 2. The van der Waals surface area contributed by atoms with Crippen LogP contribution in [0.2, 0.25) is 0 Å². The molecule has 0 bridgehead atoms. The first-order valence-corrected chi connectivity index (χ1v) is 11.8. The summed E-state index contributed by atoms with van der Waals surface area (Å²) in [5.41, 5.74) is 1.75. The molecule has 0 aliphatic carbocycles. The van der Waals surface area contributed by atoms with Crippen LogP contribution in [-0.2, 0) is 6.54 Å². The number of amides is 1. The van der Waals surface area contributed by atoms with E-state index < -0.39 is 0 Å². The molecule has 1 saturated heterocycles. The fourth-order valence-electron chi connectivity index (χ4n) is 4.11. The number of aryl methyl sites for hydroxylation is 2. The lowest BCUT2D eigenvalue weighted by atomic mass is 10.1. The van der Waals surface area contributed by atoms with Crippen molar-refractivity contribution in [3.8, 4) is 0 Å². The maximum absolute atomic E-state index is 13.0. The molecule has 1 fully saturated rings. The summed E-state index contributed by atoms with van der Waals surface area (Å²) < 4.78 is 0. The molecule has 0 unspecified atom stereocenters. The average Bonchev–Trinajstić information content (AvgIpc) is 3.19. The standard InChI is InChI=1S/C24H25N7OS/c1-16-20-22(31-13-11-30(12-14-31)19-8-4-6-10-26-19)28-17(2)29-24(20)33-21(16)23(32)27-15-18-7-3-5-9-25-18/h3-10H,11-15H2,1-2H3,(H,27,32). The van der Waals surface area contributed by atoms with Gasteiger partial charge in [0, 0.05) is 38.6 Å². The van der Waals surface area contributed by atoms with Gasteiger partial charge in [-0.2, -0.15) is 0 Å². The smallest absolute Gasteiger partial charge is 0.262 e. The number of piperazine rings is 1. The van der Waals surface area contributed by atoms with Crippen LogP contribution >= 0.6 is 11.3 Å². The molecule has 5 rings (SSSR count). The number of hydrogen-bond acceptors (Lipinski definition) is 8. The molecule has 4 aromatic heterocycles. The molecule has 9 heteroatoms. The third kappa shape index (κ3) is 4.36. The quantitative estimate of drug-likeness (QED) is 0.490. The van der Waals surface area contributed by atoms with Crippen molar-refractivity contribution in [1.29, 1.82) is 0 Å². The fourth-order valence-corrected chi connectivity index (χ4v) is 5.25. The SMILES string of the molecule is Cc1nc(N2CCN(c3ccccn3)CC2)c2c(C)c(C(=O)NCc3ccccn3)sc2n1. The third-order valence-electron chi connectivity index (χ3n) is 5.80. The van der Waals surface area contributed by atoms with Gasteiger partial charge in [0.05, 0.1) is 22.5 Å². The molecule has 1 aliphatic heterocycles. The summed E-state index contributed by atoms with van der Waals surface area (Å²) in [7, 11) is 0. The second kappa shape index (κ2) is 9.11. The first kappa shape index (κ1) is 21.3. The number of nitrogens with one attached hydrogen (secondary N) is 1. The molecule has 33 heavy (non-hydrogen) atoms. The Labute approximate surface area is 196 Å². The highest BCUT2D eigenvalue weighted by Crippen LogP contribution is 2.36. The minimum Gasteiger partial charge on any atom is -0.353 e. The lowest BCUT2D eigenvalue weighted by molar-refractivity contribution is 0.0954. The Balaban J connectivity index is 1.38. The molecule has 4 aromatic rings. The summed E-state index contributed by atoms with van der Waals surface area (Å²) in [5, 5.41) is 3.96. The Bertz CT molecular complexity index is 1270. The van der Waals surface area contributed by atoms with Crippen molar-refractivity contribution in [2.24, 2.45) is 0 Å². The zero-order valence-electron chi connectivity index (χ0n) is 18.7. The van der Waals surface area contributed by atoms with Crippen molar-refractivity contribution in [2.75, 3.05) is 36.0 Å². The minimum atomic E-state index is -0.107. The second-order valence-corrected chi connectivity index (χ2v) is 9.00. The van der Waals surface area contributed by atoms with Crippen LogP contribution in [0.25, 0.3) is 10.2 Å². The van der Waals surface area contributed by atoms with E-state index in [0.717, 1.165) is 59.3 Å². The van der Waals surface area contributed by atoms with E-state index in [4.69, 9.17) is 4.98 Å². The van der Waals surface area contributed by atoms with E-state index in [-0.39, 0.29) is 5.91 Å². The number of hydrogen-bond donors (Lipinski definition) is 1. The molecule has 8 nitrogen and oxygen atoms in total. The van der Waals surface area contributed by atoms with Crippen LogP contribution in [-0.4, -0.2) is 52.0 Å². The summed E-state index contributed by atoms with van der Waals surface area (Å²) in [4.78, 5) is 37.3. The predicted octanol–water partition coefficient (Wildman–Crippen LogP) is 3.35. The van der Waals surface area contributed by atoms with Gasteiger partial charge in [-0.25, -0.2) is 15.0 Å². The van der Waals surface area contributed by atoms with Gasteiger partial charge < -0.3 is 15.1 Å². The average molecular weight is 460 g/mol. The highest BCUT2D eigenvalue weighted by Gasteiger charge is 2.25. The summed E-state index contributed by atoms with van der Waals surface area (Å²) in [6.07, 6.45) is 3.55. The number of nitrogens with zero attached hydrogens (tertiary/aromatic N) is 6. The zero-order valence-corrected chi connectivity index (χ0v) is 19.5. The number of fused-ring (bicyclic) bond motifs is 1. The van der Waals surface area contributed by atoms with E-state index in [1.54, 1.807) is 6.20 Å². The molecule has 5 heterocycles. The van der Waals surface area contributed by atoms with Crippen molar-refractivity contribution < 1.29 is 4.79 Å². The van der Waals surface area contributed by atoms with Crippen molar-refractivity contribution in [1.82, 2.24) is 25.3 Å². The number of carbonyl (C=O) groups is 1. The van der Waals surface area contributed by atoms with Gasteiger partial charge in [-0.3, -0.25) is 9.78 Å². The maximum Gasteiger partial charge on any atom is 0.262 e. The van der Waals surface area contributed by atoms with E-state index >= 15 is 0 Å². The molecule has 1 aliphatic rings. The lowest BCUT2D eigenvalue weighted by Gasteiger charge is -2.36. The van der Waals surface area contributed by atoms with E-state index in [0.29, 0.717) is 17.2 Å². The highest BCUT2D eigenvalue weighted by atomic mass is 32.1. The normalized spacial score (nSPS) is 14.0. The first-order valence-electron chi connectivity index (χ1n) is 11.0. The van der Waals surface area contributed by atoms with Crippen molar-refractivity contribution in [3.63, 3.8) is 0 Å². The van der Waals surface area contributed by atoms with Gasteiger partial charge >= 0.3 is 0 Å². The molecule has 0 saturated carbocycles. The molecule has 1 amide bonds. The van der Waals surface area contributed by atoms with E-state index in [1.165, 1.54) is 11.3 Å². The van der Waals surface area contributed by atoms with Gasteiger partial charge in [0.2, 0.25) is 0 Å². The van der Waals surface area contributed by atoms with Crippen LogP contribution in [0.1, 0.15) is 26.8 Å². The van der Waals surface area contributed by atoms with Gasteiger partial charge in [0.1, 0.15) is 22.3 Å². The van der Waals surface area contributed by atoms with Crippen LogP contribution < -0.4 is 15.1 Å². The number of rotatable bonds is 5. The highest BCUT2D eigenvalue weighted by molar-refractivity contribution is 7.20. The molecule has 0 spiro atoms. The molecule has 1 N–H and O–H groups in total. The molecule has 0 aromatic carbocycles. The van der Waals surface area contributed by atoms with E-state index in [1.807, 2.05) is 56.4 Å². The van der Waals surface area contributed by atoms with Crippen molar-refractivity contribution in [2.45, 2.75) is 20.4 Å². The van der Waals surface area contributed by atoms with Crippen LogP contribution in [0.3, 0.4) is 0 Å². The lowest BCUT2D eigenvalue weighted by Crippen LogP contribution is -2.47. The zero-order chi connectivity index (χ0) is 22.8. The van der Waals surface area contributed by atoms with Crippen LogP contribution in [0, 0.1) is 13.8 Å². The number of carbonyl (C=O) groups excluding carboxylic acids is 1. The summed E-state index contributed by atoms with van der Waals surface area (Å²) in [6.45, 7) is 7.67. The van der Waals surface area contributed by atoms with E-state index in [2.05, 4.69) is 30.1 Å². The first-order chi connectivity index (χ1) is 16.1. The third-order valence-corrected chi connectivity index (χ3v) is 6.98. The Morgan fingerprint density at radius 1 is 0.970 bits per heavy atom. The van der Waals surface area contributed by atoms with Crippen LogP contribution in [0.4, 0.5) is 11.6 Å². The molecular weight excluding hydrogens is 434 g/mol. The largest absolute Gasteiger partial charge is 0.353 e. The van der Waals surface area contributed by atoms with Crippen LogP contribution in [0.5, 0.6) is 0 Å². The van der Waals surface area contributed by atoms with Gasteiger partial charge in [0.15, 0.2) is 0 Å². The van der Waals surface area contributed by atoms with Gasteiger partial charge in [-0.05, 0) is 43.7 Å². The monoisotopic (exact) mass is 459 g/mol. The Morgan fingerprint density at radius 3 is 2.39 bits per heavy atom. The number of anilines is 2. The molecular formula is C24H25N7OS. The maximum atomic E-state index is 13.0. The summed E-state index contributed by atoms with van der Waals surface area (Å²) in [6, 6.07) is 11.7.